The molecule has 0 aliphatic rings. The number of hydrogen-bond donors (Lipinski definition) is 0. The number of sulfone groups is 1. The molecule has 0 aliphatic carbocycles. The lowest BCUT2D eigenvalue weighted by Gasteiger charge is -2.11. The fourth-order valence-corrected chi connectivity index (χ4v) is 2.69. The van der Waals surface area contributed by atoms with Gasteiger partial charge in [0.25, 0.3) is 0 Å². The summed E-state index contributed by atoms with van der Waals surface area (Å²) >= 11 is 5.48. The second-order valence-electron chi connectivity index (χ2n) is 3.29. The van der Waals surface area contributed by atoms with Gasteiger partial charge < -0.3 is 4.74 Å². The van der Waals surface area contributed by atoms with E-state index < -0.39 is 26.9 Å². The Balaban J connectivity index is 3.22. The molecule has 1 unspecified atom stereocenters. The van der Waals surface area contributed by atoms with Crippen molar-refractivity contribution in [1.82, 2.24) is 0 Å². The van der Waals surface area contributed by atoms with Gasteiger partial charge in [-0.2, -0.15) is 0 Å². The van der Waals surface area contributed by atoms with Gasteiger partial charge >= 0.3 is 5.97 Å². The highest BCUT2D eigenvalue weighted by Crippen LogP contribution is 2.22. The fourth-order valence-electron chi connectivity index (χ4n) is 1.15. The van der Waals surface area contributed by atoms with Gasteiger partial charge in [-0.05, 0) is 25.1 Å². The monoisotopic (exact) mass is 280 g/mol. The second kappa shape index (κ2) is 5.01. The van der Waals surface area contributed by atoms with E-state index in [1.165, 1.54) is 6.92 Å². The van der Waals surface area contributed by atoms with Crippen molar-refractivity contribution in [3.05, 3.63) is 29.0 Å². The summed E-state index contributed by atoms with van der Waals surface area (Å²) in [6, 6.07) is 2.95. The largest absolute Gasteiger partial charge is 0.468 e. The van der Waals surface area contributed by atoms with Crippen molar-refractivity contribution in [3.8, 4) is 0 Å². The van der Waals surface area contributed by atoms with Crippen molar-refractivity contribution < 1.29 is 22.3 Å². The average molecular weight is 281 g/mol. The molecular weight excluding hydrogens is 271 g/mol. The quantitative estimate of drug-likeness (QED) is 0.626. The van der Waals surface area contributed by atoms with E-state index in [1.54, 1.807) is 0 Å². The number of rotatable bonds is 3. The predicted octanol–water partition coefficient (Wildman–Crippen LogP) is 1.81. The van der Waals surface area contributed by atoms with Gasteiger partial charge in [-0.3, -0.25) is 4.79 Å². The molecule has 0 saturated carbocycles. The van der Waals surface area contributed by atoms with Crippen molar-refractivity contribution >= 4 is 27.4 Å². The van der Waals surface area contributed by atoms with E-state index in [2.05, 4.69) is 4.74 Å². The first-order valence-electron chi connectivity index (χ1n) is 4.57. The van der Waals surface area contributed by atoms with Crippen LogP contribution in [0, 0.1) is 5.82 Å². The maximum absolute atomic E-state index is 12.9. The van der Waals surface area contributed by atoms with Gasteiger partial charge in [0.1, 0.15) is 5.82 Å². The molecule has 0 spiro atoms. The summed E-state index contributed by atoms with van der Waals surface area (Å²) in [5.41, 5.74) is 0. The Labute approximate surface area is 103 Å². The third-order valence-corrected chi connectivity index (χ3v) is 4.54. The number of carbonyl (C=O) groups excluding carboxylic acids is 1. The molecule has 1 rings (SSSR count). The lowest BCUT2D eigenvalue weighted by molar-refractivity contribution is -0.139. The van der Waals surface area contributed by atoms with E-state index in [9.17, 15) is 17.6 Å². The molecule has 4 nitrogen and oxygen atoms in total. The van der Waals surface area contributed by atoms with E-state index in [0.29, 0.717) is 0 Å². The van der Waals surface area contributed by atoms with Gasteiger partial charge in [0.05, 0.1) is 17.0 Å². The first-order chi connectivity index (χ1) is 7.80. The summed E-state index contributed by atoms with van der Waals surface area (Å²) in [6.07, 6.45) is 0. The molecule has 0 saturated heterocycles. The number of methoxy groups -OCH3 is 1. The molecule has 1 aromatic rings. The third-order valence-electron chi connectivity index (χ3n) is 2.22. The molecule has 0 aliphatic heterocycles. The van der Waals surface area contributed by atoms with Gasteiger partial charge in [-0.1, -0.05) is 11.6 Å². The molecule has 94 valence electrons. The van der Waals surface area contributed by atoms with E-state index in [-0.39, 0.29) is 9.92 Å². The van der Waals surface area contributed by atoms with Crippen LogP contribution in [0.4, 0.5) is 4.39 Å². The molecule has 7 heteroatoms. The number of esters is 1. The van der Waals surface area contributed by atoms with Gasteiger partial charge in [-0.15, -0.1) is 0 Å². The van der Waals surface area contributed by atoms with Crippen LogP contribution in [0.1, 0.15) is 6.92 Å². The van der Waals surface area contributed by atoms with Crippen LogP contribution in [0.2, 0.25) is 5.02 Å². The predicted molar refractivity (Wildman–Crippen MR) is 60.1 cm³/mol. The summed E-state index contributed by atoms with van der Waals surface area (Å²) in [7, 11) is -2.83. The lowest BCUT2D eigenvalue weighted by atomic mass is 10.3. The topological polar surface area (TPSA) is 60.4 Å². The first-order valence-corrected chi connectivity index (χ1v) is 6.50. The van der Waals surface area contributed by atoms with E-state index in [4.69, 9.17) is 11.6 Å². The van der Waals surface area contributed by atoms with Gasteiger partial charge in [0.15, 0.2) is 15.1 Å². The highest BCUT2D eigenvalue weighted by Gasteiger charge is 2.30. The van der Waals surface area contributed by atoms with Crippen molar-refractivity contribution in [3.63, 3.8) is 0 Å². The molecule has 1 aromatic carbocycles. The Morgan fingerprint density at radius 2 is 2.06 bits per heavy atom. The standard InChI is InChI=1S/C10H10ClFO4S/c1-6(10(13)16-2)17(14,15)7-3-4-9(12)8(11)5-7/h3-6H,1-2H3. The highest BCUT2D eigenvalue weighted by molar-refractivity contribution is 7.92. The third kappa shape index (κ3) is 2.76. The number of benzene rings is 1. The van der Waals surface area contributed by atoms with Crippen LogP contribution >= 0.6 is 11.6 Å². The maximum Gasteiger partial charge on any atom is 0.324 e. The van der Waals surface area contributed by atoms with E-state index >= 15 is 0 Å². The first kappa shape index (κ1) is 13.9. The normalized spacial score (nSPS) is 13.2. The van der Waals surface area contributed by atoms with E-state index in [0.717, 1.165) is 25.3 Å². The Morgan fingerprint density at radius 1 is 1.47 bits per heavy atom. The molecular formula is C10H10ClFO4S. The van der Waals surface area contributed by atoms with Crippen molar-refractivity contribution in [2.24, 2.45) is 0 Å². The molecule has 0 bridgehead atoms. The van der Waals surface area contributed by atoms with Crippen LogP contribution in [-0.2, 0) is 19.4 Å². The molecule has 0 aromatic heterocycles. The minimum atomic E-state index is -3.92. The minimum absolute atomic E-state index is 0.221. The Bertz CT molecular complexity index is 541. The maximum atomic E-state index is 12.9. The van der Waals surface area contributed by atoms with Crippen LogP contribution in [0.25, 0.3) is 0 Å². The number of ether oxygens (including phenoxy) is 1. The van der Waals surface area contributed by atoms with Gasteiger partial charge in [0.2, 0.25) is 0 Å². The zero-order valence-electron chi connectivity index (χ0n) is 9.11. The van der Waals surface area contributed by atoms with Crippen LogP contribution in [0.15, 0.2) is 23.1 Å². The molecule has 0 fully saturated rings. The minimum Gasteiger partial charge on any atom is -0.468 e. The van der Waals surface area contributed by atoms with Crippen LogP contribution in [0.3, 0.4) is 0 Å². The zero-order valence-corrected chi connectivity index (χ0v) is 10.7. The van der Waals surface area contributed by atoms with Crippen molar-refractivity contribution in [2.45, 2.75) is 17.1 Å². The van der Waals surface area contributed by atoms with Crippen LogP contribution in [0.5, 0.6) is 0 Å². The zero-order chi connectivity index (χ0) is 13.2. The number of carbonyl (C=O) groups is 1. The molecule has 17 heavy (non-hydrogen) atoms. The summed E-state index contributed by atoms with van der Waals surface area (Å²) < 4.78 is 41.1. The second-order valence-corrected chi connectivity index (χ2v) is 5.96. The van der Waals surface area contributed by atoms with E-state index in [1.807, 2.05) is 0 Å². The highest BCUT2D eigenvalue weighted by atomic mass is 35.5. The Kier molecular flexibility index (Phi) is 4.11. The summed E-state index contributed by atoms with van der Waals surface area (Å²) in [5.74, 6) is -1.61. The summed E-state index contributed by atoms with van der Waals surface area (Å²) in [5, 5.41) is -1.68. The lowest BCUT2D eigenvalue weighted by Crippen LogP contribution is -2.28. The van der Waals surface area contributed by atoms with Gasteiger partial charge in [0, 0.05) is 0 Å². The number of hydrogen-bond acceptors (Lipinski definition) is 4. The molecule has 0 N–H and O–H groups in total. The average Bonchev–Trinajstić information content (AvgIpc) is 2.30. The van der Waals surface area contributed by atoms with Gasteiger partial charge in [-0.25, -0.2) is 12.8 Å². The Morgan fingerprint density at radius 3 is 2.53 bits per heavy atom. The van der Waals surface area contributed by atoms with Crippen molar-refractivity contribution in [2.75, 3.05) is 7.11 Å². The molecule has 0 radical (unpaired) electrons. The molecule has 0 heterocycles. The summed E-state index contributed by atoms with van der Waals surface area (Å²) in [6.45, 7) is 1.19. The Hall–Kier alpha value is -1.14. The fraction of sp³-hybridized carbons (Fsp3) is 0.300. The van der Waals surface area contributed by atoms with Crippen molar-refractivity contribution in [1.29, 1.82) is 0 Å². The number of halogens is 2. The molecule has 0 amide bonds. The van der Waals surface area contributed by atoms with Crippen LogP contribution < -0.4 is 0 Å². The summed E-state index contributed by atoms with van der Waals surface area (Å²) in [4.78, 5) is 11.0. The SMILES string of the molecule is COC(=O)C(C)S(=O)(=O)c1ccc(F)c(Cl)c1. The van der Waals surface area contributed by atoms with Crippen LogP contribution in [-0.4, -0.2) is 26.7 Å². The smallest absolute Gasteiger partial charge is 0.324 e. The molecule has 1 atom stereocenters.